The average molecular weight is 338 g/mol. The second kappa shape index (κ2) is 8.17. The fourth-order valence-corrected chi connectivity index (χ4v) is 3.49. The number of benzene rings is 2. The van der Waals surface area contributed by atoms with Crippen LogP contribution in [-0.2, 0) is 6.42 Å². The Morgan fingerprint density at radius 2 is 1.84 bits per heavy atom. The third kappa shape index (κ3) is 4.60. The van der Waals surface area contributed by atoms with E-state index in [-0.39, 0.29) is 18.1 Å². The molecule has 2 atom stereocenters. The maximum absolute atomic E-state index is 12.5. The van der Waals surface area contributed by atoms with E-state index in [4.69, 9.17) is 0 Å². The zero-order chi connectivity index (χ0) is 17.6. The van der Waals surface area contributed by atoms with Crippen LogP contribution in [0.5, 0.6) is 0 Å². The summed E-state index contributed by atoms with van der Waals surface area (Å²) in [5.74, 6) is 0.190. The Balaban J connectivity index is 1.64. The quantitative estimate of drug-likeness (QED) is 0.869. The monoisotopic (exact) mass is 338 g/mol. The molecule has 4 heteroatoms. The van der Waals surface area contributed by atoms with E-state index in [2.05, 4.69) is 17.4 Å². The summed E-state index contributed by atoms with van der Waals surface area (Å²) in [6.07, 6.45) is 3.38. The predicted octanol–water partition coefficient (Wildman–Crippen LogP) is 3.90. The lowest BCUT2D eigenvalue weighted by Crippen LogP contribution is -2.37. The second-order valence-corrected chi connectivity index (χ2v) is 6.89. The summed E-state index contributed by atoms with van der Waals surface area (Å²) >= 11 is 0. The standard InChI is InChI=1S/C21H26N2O2/c1-23(15-18-11-7-13-20(18)24)21(25)22-19-12-6-5-10-17(19)14-16-8-3-2-4-9-16/h2-6,8-10,12,18,20,24H,7,11,13-15H2,1H3,(H,22,25). The topological polar surface area (TPSA) is 52.6 Å². The van der Waals surface area contributed by atoms with Crippen LogP contribution < -0.4 is 5.32 Å². The molecule has 2 amide bonds. The number of nitrogens with one attached hydrogen (secondary N) is 1. The van der Waals surface area contributed by atoms with Gasteiger partial charge < -0.3 is 15.3 Å². The first kappa shape index (κ1) is 17.5. The lowest BCUT2D eigenvalue weighted by Gasteiger charge is -2.24. The molecule has 0 radical (unpaired) electrons. The van der Waals surface area contributed by atoms with Crippen LogP contribution in [0.3, 0.4) is 0 Å². The Morgan fingerprint density at radius 1 is 1.12 bits per heavy atom. The molecule has 2 aromatic rings. The highest BCUT2D eigenvalue weighted by Gasteiger charge is 2.27. The molecule has 0 aromatic heterocycles. The van der Waals surface area contributed by atoms with Crippen molar-refractivity contribution >= 4 is 11.7 Å². The minimum absolute atomic E-state index is 0.125. The molecular formula is C21H26N2O2. The summed E-state index contributed by atoms with van der Waals surface area (Å²) < 4.78 is 0. The molecule has 3 rings (SSSR count). The lowest BCUT2D eigenvalue weighted by molar-refractivity contribution is 0.116. The maximum Gasteiger partial charge on any atom is 0.321 e. The second-order valence-electron chi connectivity index (χ2n) is 6.89. The number of para-hydroxylation sites is 1. The van der Waals surface area contributed by atoms with Crippen LogP contribution in [-0.4, -0.2) is 35.7 Å². The zero-order valence-corrected chi connectivity index (χ0v) is 14.7. The van der Waals surface area contributed by atoms with Gasteiger partial charge in [-0.05, 0) is 36.5 Å². The molecule has 2 aromatic carbocycles. The highest BCUT2D eigenvalue weighted by atomic mass is 16.3. The fourth-order valence-electron chi connectivity index (χ4n) is 3.49. The van der Waals surface area contributed by atoms with Gasteiger partial charge in [0.1, 0.15) is 0 Å². The Labute approximate surface area is 149 Å². The number of anilines is 1. The lowest BCUT2D eigenvalue weighted by atomic mass is 10.0. The maximum atomic E-state index is 12.5. The predicted molar refractivity (Wildman–Crippen MR) is 101 cm³/mol. The molecule has 1 saturated carbocycles. The average Bonchev–Trinajstić information content (AvgIpc) is 3.02. The number of aliphatic hydroxyl groups is 1. The van der Waals surface area contributed by atoms with Gasteiger partial charge in [-0.15, -0.1) is 0 Å². The third-order valence-electron chi connectivity index (χ3n) is 4.97. The third-order valence-corrected chi connectivity index (χ3v) is 4.97. The van der Waals surface area contributed by atoms with E-state index >= 15 is 0 Å². The molecule has 2 unspecified atom stereocenters. The molecule has 0 bridgehead atoms. The smallest absolute Gasteiger partial charge is 0.321 e. The van der Waals surface area contributed by atoms with Gasteiger partial charge in [-0.25, -0.2) is 4.79 Å². The number of aliphatic hydroxyl groups excluding tert-OH is 1. The SMILES string of the molecule is CN(CC1CCCC1O)C(=O)Nc1ccccc1Cc1ccccc1. The molecule has 0 aliphatic heterocycles. The van der Waals surface area contributed by atoms with Crippen molar-refractivity contribution < 1.29 is 9.90 Å². The van der Waals surface area contributed by atoms with Crippen LogP contribution in [0.2, 0.25) is 0 Å². The van der Waals surface area contributed by atoms with E-state index in [1.165, 1.54) is 5.56 Å². The van der Waals surface area contributed by atoms with Gasteiger partial charge in [0.25, 0.3) is 0 Å². The number of carbonyl (C=O) groups is 1. The summed E-state index contributed by atoms with van der Waals surface area (Å²) in [4.78, 5) is 14.2. The van der Waals surface area contributed by atoms with Gasteiger partial charge in [0.2, 0.25) is 0 Å². The van der Waals surface area contributed by atoms with Crippen molar-refractivity contribution in [2.24, 2.45) is 5.92 Å². The summed E-state index contributed by atoms with van der Waals surface area (Å²) in [6, 6.07) is 18.0. The van der Waals surface area contributed by atoms with Crippen LogP contribution in [0.1, 0.15) is 30.4 Å². The first-order chi connectivity index (χ1) is 12.1. The summed E-state index contributed by atoms with van der Waals surface area (Å²) in [6.45, 7) is 0.591. The summed E-state index contributed by atoms with van der Waals surface area (Å²) in [7, 11) is 1.79. The van der Waals surface area contributed by atoms with E-state index in [0.717, 1.165) is 36.9 Å². The van der Waals surface area contributed by atoms with Crippen LogP contribution in [0, 0.1) is 5.92 Å². The number of nitrogens with zero attached hydrogens (tertiary/aromatic N) is 1. The number of amides is 2. The van der Waals surface area contributed by atoms with Crippen molar-refractivity contribution in [3.05, 3.63) is 65.7 Å². The minimum atomic E-state index is -0.277. The molecule has 0 spiro atoms. The molecule has 0 heterocycles. The Kier molecular flexibility index (Phi) is 5.71. The molecule has 1 aliphatic carbocycles. The molecule has 1 fully saturated rings. The van der Waals surface area contributed by atoms with Crippen LogP contribution in [0.25, 0.3) is 0 Å². The minimum Gasteiger partial charge on any atom is -0.393 e. The highest BCUT2D eigenvalue weighted by molar-refractivity contribution is 5.90. The van der Waals surface area contributed by atoms with Crippen molar-refractivity contribution in [3.63, 3.8) is 0 Å². The molecule has 2 N–H and O–H groups in total. The van der Waals surface area contributed by atoms with Gasteiger partial charge in [-0.1, -0.05) is 55.0 Å². The van der Waals surface area contributed by atoms with Crippen LogP contribution in [0.4, 0.5) is 10.5 Å². The normalized spacial score (nSPS) is 19.6. The number of carbonyl (C=O) groups excluding carboxylic acids is 1. The van der Waals surface area contributed by atoms with E-state index in [0.29, 0.717) is 6.54 Å². The van der Waals surface area contributed by atoms with Crippen molar-refractivity contribution in [1.82, 2.24) is 4.90 Å². The molecule has 25 heavy (non-hydrogen) atoms. The number of rotatable bonds is 5. The Hall–Kier alpha value is -2.33. The van der Waals surface area contributed by atoms with Gasteiger partial charge in [0.05, 0.1) is 6.10 Å². The molecule has 4 nitrogen and oxygen atoms in total. The molecule has 132 valence electrons. The van der Waals surface area contributed by atoms with Gasteiger partial charge in [-0.3, -0.25) is 0 Å². The van der Waals surface area contributed by atoms with E-state index in [1.54, 1.807) is 11.9 Å². The Morgan fingerprint density at radius 3 is 2.56 bits per heavy atom. The van der Waals surface area contributed by atoms with Gasteiger partial charge >= 0.3 is 6.03 Å². The largest absolute Gasteiger partial charge is 0.393 e. The number of hydrogen-bond donors (Lipinski definition) is 2. The van der Waals surface area contributed by atoms with Crippen LogP contribution >= 0.6 is 0 Å². The van der Waals surface area contributed by atoms with Crippen LogP contribution in [0.15, 0.2) is 54.6 Å². The molecular weight excluding hydrogens is 312 g/mol. The molecule has 0 saturated heterocycles. The highest BCUT2D eigenvalue weighted by Crippen LogP contribution is 2.26. The first-order valence-corrected chi connectivity index (χ1v) is 8.95. The van der Waals surface area contributed by atoms with E-state index < -0.39 is 0 Å². The molecule has 1 aliphatic rings. The fraction of sp³-hybridized carbons (Fsp3) is 0.381. The number of urea groups is 1. The first-order valence-electron chi connectivity index (χ1n) is 8.95. The zero-order valence-electron chi connectivity index (χ0n) is 14.7. The van der Waals surface area contributed by atoms with Gasteiger partial charge in [0, 0.05) is 25.2 Å². The van der Waals surface area contributed by atoms with Crippen molar-refractivity contribution in [1.29, 1.82) is 0 Å². The number of hydrogen-bond acceptors (Lipinski definition) is 2. The van der Waals surface area contributed by atoms with Gasteiger partial charge in [0.15, 0.2) is 0 Å². The van der Waals surface area contributed by atoms with Crippen molar-refractivity contribution in [2.45, 2.75) is 31.8 Å². The van der Waals surface area contributed by atoms with Crippen molar-refractivity contribution in [2.75, 3.05) is 18.9 Å². The summed E-state index contributed by atoms with van der Waals surface area (Å²) in [5, 5.41) is 13.0. The van der Waals surface area contributed by atoms with Gasteiger partial charge in [-0.2, -0.15) is 0 Å². The van der Waals surface area contributed by atoms with E-state index in [1.807, 2.05) is 42.5 Å². The van der Waals surface area contributed by atoms with Crippen molar-refractivity contribution in [3.8, 4) is 0 Å². The summed E-state index contributed by atoms with van der Waals surface area (Å²) in [5.41, 5.74) is 3.15. The Bertz CT molecular complexity index is 702. The van der Waals surface area contributed by atoms with E-state index in [9.17, 15) is 9.90 Å².